The molecule has 0 N–H and O–H groups in total. The quantitative estimate of drug-likeness (QED) is 0.206. The van der Waals surface area contributed by atoms with E-state index in [1.165, 1.54) is 42.4 Å². The monoisotopic (exact) mass is 493 g/mol. The maximum absolute atomic E-state index is 6.36. The molecule has 7 aromatic rings. The lowest BCUT2D eigenvalue weighted by Gasteiger charge is -2.18. The lowest BCUT2D eigenvalue weighted by Crippen LogP contribution is -2.03. The lowest BCUT2D eigenvalue weighted by atomic mass is 9.88. The van der Waals surface area contributed by atoms with Crippen molar-refractivity contribution in [1.29, 1.82) is 0 Å². The lowest BCUT2D eigenvalue weighted by molar-refractivity contribution is 0.669. The van der Waals surface area contributed by atoms with Crippen LogP contribution in [0.5, 0.6) is 0 Å². The Morgan fingerprint density at radius 1 is 0.595 bits per heavy atom. The number of hydrogen-bond donors (Lipinski definition) is 0. The van der Waals surface area contributed by atoms with Crippen molar-refractivity contribution in [3.63, 3.8) is 0 Å². The number of nitrogens with zero attached hydrogens (tertiary/aromatic N) is 1. The summed E-state index contributed by atoms with van der Waals surface area (Å²) in [4.78, 5) is 5.18. The molecule has 0 saturated carbocycles. The number of aliphatic imine (C=N–C) groups is 1. The zero-order valence-electron chi connectivity index (χ0n) is 20.4. The van der Waals surface area contributed by atoms with Gasteiger partial charge in [-0.1, -0.05) is 54.6 Å². The van der Waals surface area contributed by atoms with Gasteiger partial charge in [-0.05, 0) is 84.5 Å². The predicted octanol–water partition coefficient (Wildman–Crippen LogP) is 9.86. The second kappa shape index (κ2) is 7.89. The average Bonchev–Trinajstić information content (AvgIpc) is 3.48. The number of fused-ring (bicyclic) bond motifs is 10. The Morgan fingerprint density at radius 2 is 1.35 bits per heavy atom. The fraction of sp³-hybridized carbons (Fsp3) is 0.0882. The van der Waals surface area contributed by atoms with E-state index in [1.807, 2.05) is 17.4 Å². The minimum atomic E-state index is 0.921. The van der Waals surface area contributed by atoms with Crippen molar-refractivity contribution in [2.75, 3.05) is 0 Å². The highest BCUT2D eigenvalue weighted by Gasteiger charge is 2.20. The zero-order chi connectivity index (χ0) is 24.5. The number of para-hydroxylation sites is 2. The molecule has 5 aromatic carbocycles. The van der Waals surface area contributed by atoms with Gasteiger partial charge in [0.15, 0.2) is 0 Å². The molecule has 0 bridgehead atoms. The summed E-state index contributed by atoms with van der Waals surface area (Å²) < 4.78 is 9.04. The molecule has 0 spiro atoms. The maximum Gasteiger partial charge on any atom is 0.136 e. The van der Waals surface area contributed by atoms with Gasteiger partial charge in [0.2, 0.25) is 0 Å². The largest absolute Gasteiger partial charge is 0.456 e. The number of hydrogen-bond acceptors (Lipinski definition) is 3. The summed E-state index contributed by atoms with van der Waals surface area (Å²) in [6, 6.07) is 35.0. The van der Waals surface area contributed by atoms with Crippen LogP contribution in [0.15, 0.2) is 106 Å². The van der Waals surface area contributed by atoms with Gasteiger partial charge in [-0.2, -0.15) is 0 Å². The molecule has 0 radical (unpaired) electrons. The third-order valence-corrected chi connectivity index (χ3v) is 8.88. The van der Waals surface area contributed by atoms with Gasteiger partial charge in [-0.15, -0.1) is 11.3 Å². The number of benzene rings is 5. The second-order valence-electron chi connectivity index (χ2n) is 9.92. The molecule has 0 amide bonds. The zero-order valence-corrected chi connectivity index (χ0v) is 21.2. The van der Waals surface area contributed by atoms with Crippen LogP contribution in [0.4, 0.5) is 5.69 Å². The van der Waals surface area contributed by atoms with E-state index in [0.717, 1.165) is 51.7 Å². The molecule has 176 valence electrons. The molecule has 2 nitrogen and oxygen atoms in total. The van der Waals surface area contributed by atoms with E-state index >= 15 is 0 Å². The second-order valence-corrected chi connectivity index (χ2v) is 11.0. The highest BCUT2D eigenvalue weighted by atomic mass is 32.1. The minimum absolute atomic E-state index is 0.921. The van der Waals surface area contributed by atoms with Crippen LogP contribution in [0.3, 0.4) is 0 Å². The molecular formula is C34H23NOS. The molecule has 0 atom stereocenters. The molecule has 37 heavy (non-hydrogen) atoms. The normalized spacial score (nSPS) is 13.5. The van der Waals surface area contributed by atoms with Crippen LogP contribution in [0.2, 0.25) is 0 Å². The first-order valence-electron chi connectivity index (χ1n) is 12.8. The highest BCUT2D eigenvalue weighted by molar-refractivity contribution is 7.25. The summed E-state index contributed by atoms with van der Waals surface area (Å²) in [6.07, 6.45) is 1.92. The van der Waals surface area contributed by atoms with E-state index in [-0.39, 0.29) is 0 Å². The predicted molar refractivity (Wildman–Crippen MR) is 158 cm³/mol. The van der Waals surface area contributed by atoms with Crippen molar-refractivity contribution in [3.05, 3.63) is 114 Å². The topological polar surface area (TPSA) is 25.5 Å². The van der Waals surface area contributed by atoms with E-state index in [2.05, 4.69) is 97.9 Å². The van der Waals surface area contributed by atoms with Crippen molar-refractivity contribution in [2.45, 2.75) is 19.8 Å². The van der Waals surface area contributed by atoms with Crippen LogP contribution < -0.4 is 0 Å². The Bertz CT molecular complexity index is 2060. The van der Waals surface area contributed by atoms with Gasteiger partial charge >= 0.3 is 0 Å². The van der Waals surface area contributed by atoms with Gasteiger partial charge in [0.05, 0.1) is 5.69 Å². The first kappa shape index (κ1) is 20.9. The van der Waals surface area contributed by atoms with Crippen LogP contribution in [0, 0.1) is 0 Å². The summed E-state index contributed by atoms with van der Waals surface area (Å²) in [5.41, 5.74) is 10.2. The molecule has 0 aliphatic carbocycles. The summed E-state index contributed by atoms with van der Waals surface area (Å²) in [6.45, 7) is 2.14. The standard InChI is InChI=1S/C34H23NOS/c1-20-25-17-28-23-9-3-6-12-31(23)36-32(28)19-27(25)26-18-29-24-10-4-7-13-33(24)37-34(29)16-22(26)15-14-21-8-2-5-11-30(21)35-20/h2-13,16-19H,14-15H2,1H3. The molecule has 0 saturated heterocycles. The fourth-order valence-electron chi connectivity index (χ4n) is 5.91. The maximum atomic E-state index is 6.36. The number of rotatable bonds is 0. The molecule has 2 aromatic heterocycles. The molecule has 3 heterocycles. The molecule has 3 heteroatoms. The Labute approximate surface area is 218 Å². The SMILES string of the molecule is CC1=Nc2ccccc2CCc2cc3sc4ccccc4c3cc2-c2cc3oc4ccccc4c3cc21. The first-order valence-corrected chi connectivity index (χ1v) is 13.6. The van der Waals surface area contributed by atoms with Gasteiger partial charge < -0.3 is 4.42 Å². The number of furan rings is 1. The van der Waals surface area contributed by atoms with Gasteiger partial charge in [0.1, 0.15) is 11.2 Å². The minimum Gasteiger partial charge on any atom is -0.456 e. The van der Waals surface area contributed by atoms with Crippen molar-refractivity contribution < 1.29 is 4.42 Å². The highest BCUT2D eigenvalue weighted by Crippen LogP contribution is 2.42. The fourth-order valence-corrected chi connectivity index (χ4v) is 7.06. The van der Waals surface area contributed by atoms with E-state index in [0.29, 0.717) is 0 Å². The van der Waals surface area contributed by atoms with Crippen LogP contribution >= 0.6 is 11.3 Å². The smallest absolute Gasteiger partial charge is 0.136 e. The van der Waals surface area contributed by atoms with E-state index in [4.69, 9.17) is 9.41 Å². The molecule has 0 fully saturated rings. The van der Waals surface area contributed by atoms with Crippen LogP contribution in [0.25, 0.3) is 53.2 Å². The Kier molecular flexibility index (Phi) is 4.47. The van der Waals surface area contributed by atoms with Crippen molar-refractivity contribution in [3.8, 4) is 11.1 Å². The van der Waals surface area contributed by atoms with Gasteiger partial charge in [-0.25, -0.2) is 0 Å². The van der Waals surface area contributed by atoms with E-state index < -0.39 is 0 Å². The average molecular weight is 494 g/mol. The first-order chi connectivity index (χ1) is 18.2. The number of aryl methyl sites for hydroxylation is 2. The molecular weight excluding hydrogens is 470 g/mol. The Balaban J connectivity index is 1.51. The van der Waals surface area contributed by atoms with E-state index in [1.54, 1.807) is 0 Å². The summed E-state index contributed by atoms with van der Waals surface area (Å²) in [7, 11) is 0. The Hall–Kier alpha value is -4.21. The van der Waals surface area contributed by atoms with E-state index in [9.17, 15) is 0 Å². The summed E-state index contributed by atoms with van der Waals surface area (Å²) >= 11 is 1.89. The van der Waals surface area contributed by atoms with Crippen molar-refractivity contribution >= 4 is 64.8 Å². The van der Waals surface area contributed by atoms with Gasteiger partial charge in [-0.3, -0.25) is 4.99 Å². The van der Waals surface area contributed by atoms with Gasteiger partial charge in [0.25, 0.3) is 0 Å². The third kappa shape index (κ3) is 3.21. The van der Waals surface area contributed by atoms with Crippen LogP contribution in [0.1, 0.15) is 23.6 Å². The summed E-state index contributed by atoms with van der Waals surface area (Å²) in [5, 5.41) is 4.93. The molecule has 1 aliphatic heterocycles. The number of thiophene rings is 1. The molecule has 1 aliphatic rings. The molecule has 0 unspecified atom stereocenters. The summed E-state index contributed by atoms with van der Waals surface area (Å²) in [5.74, 6) is 0. The van der Waals surface area contributed by atoms with Crippen LogP contribution in [-0.2, 0) is 12.8 Å². The van der Waals surface area contributed by atoms with Crippen LogP contribution in [-0.4, -0.2) is 5.71 Å². The third-order valence-electron chi connectivity index (χ3n) is 7.74. The molecule has 8 rings (SSSR count). The van der Waals surface area contributed by atoms with Crippen molar-refractivity contribution in [1.82, 2.24) is 0 Å². The van der Waals surface area contributed by atoms with Crippen molar-refractivity contribution in [2.24, 2.45) is 4.99 Å². The Morgan fingerprint density at radius 3 is 2.30 bits per heavy atom. The van der Waals surface area contributed by atoms with Gasteiger partial charge in [0, 0.05) is 42.2 Å².